The monoisotopic (exact) mass is 293 g/mol. The smallest absolute Gasteiger partial charge is 0.419 e. The van der Waals surface area contributed by atoms with E-state index in [1.165, 1.54) is 6.07 Å². The van der Waals surface area contributed by atoms with Crippen LogP contribution in [0.2, 0.25) is 0 Å². The fourth-order valence-corrected chi connectivity index (χ4v) is 2.03. The zero-order valence-electron chi connectivity index (χ0n) is 11.0. The third-order valence-corrected chi connectivity index (χ3v) is 3.18. The van der Waals surface area contributed by atoms with Crippen LogP contribution >= 0.6 is 11.8 Å². The highest BCUT2D eigenvalue weighted by molar-refractivity contribution is 7.98. The van der Waals surface area contributed by atoms with Crippen LogP contribution in [0.5, 0.6) is 5.75 Å². The van der Waals surface area contributed by atoms with Crippen LogP contribution in [0.15, 0.2) is 18.2 Å². The van der Waals surface area contributed by atoms with Gasteiger partial charge in [0.05, 0.1) is 12.2 Å². The van der Waals surface area contributed by atoms with Crippen molar-refractivity contribution < 1.29 is 17.9 Å². The number of rotatable bonds is 7. The Bertz CT molecular complexity index is 396. The highest BCUT2D eigenvalue weighted by Gasteiger charge is 2.34. The molecule has 0 heterocycles. The number of hydrogen-bond acceptors (Lipinski definition) is 3. The molecule has 0 atom stereocenters. The van der Waals surface area contributed by atoms with Crippen molar-refractivity contribution in [3.8, 4) is 5.75 Å². The minimum absolute atomic E-state index is 0.0894. The molecule has 1 aromatic carbocycles. The van der Waals surface area contributed by atoms with E-state index in [9.17, 15) is 13.2 Å². The van der Waals surface area contributed by atoms with Crippen molar-refractivity contribution >= 4 is 11.8 Å². The molecule has 0 aliphatic carbocycles. The van der Waals surface area contributed by atoms with Crippen LogP contribution < -0.4 is 10.1 Å². The van der Waals surface area contributed by atoms with Crippen molar-refractivity contribution in [1.29, 1.82) is 0 Å². The van der Waals surface area contributed by atoms with Gasteiger partial charge in [0.25, 0.3) is 0 Å². The Labute approximate surface area is 115 Å². The molecule has 2 nitrogen and oxygen atoms in total. The summed E-state index contributed by atoms with van der Waals surface area (Å²) in [7, 11) is 1.69. The lowest BCUT2D eigenvalue weighted by Crippen LogP contribution is -2.12. The Kier molecular flexibility index (Phi) is 6.51. The maximum Gasteiger partial charge on any atom is 0.419 e. The molecule has 0 amide bonds. The first kappa shape index (κ1) is 16.2. The Morgan fingerprint density at radius 3 is 2.63 bits per heavy atom. The van der Waals surface area contributed by atoms with Crippen molar-refractivity contribution in [3.63, 3.8) is 0 Å². The SMILES string of the molecule is CNCc1ccc(OCCCSC)c(C(F)(F)F)c1. The molecular formula is C13H18F3NOS. The number of nitrogens with one attached hydrogen (secondary N) is 1. The van der Waals surface area contributed by atoms with E-state index in [1.807, 2.05) is 6.26 Å². The van der Waals surface area contributed by atoms with Gasteiger partial charge >= 0.3 is 6.18 Å². The molecule has 0 bridgehead atoms. The Hall–Kier alpha value is -0.880. The van der Waals surface area contributed by atoms with Crippen LogP contribution in [-0.4, -0.2) is 25.7 Å². The molecule has 0 spiro atoms. The molecule has 0 saturated carbocycles. The molecule has 6 heteroatoms. The summed E-state index contributed by atoms with van der Waals surface area (Å²) in [5.41, 5.74) is -0.115. The van der Waals surface area contributed by atoms with Gasteiger partial charge in [0, 0.05) is 6.54 Å². The second-order valence-electron chi connectivity index (χ2n) is 4.05. The first-order valence-electron chi connectivity index (χ1n) is 5.95. The second kappa shape index (κ2) is 7.65. The Balaban J connectivity index is 2.84. The summed E-state index contributed by atoms with van der Waals surface area (Å²) in [4.78, 5) is 0. The largest absolute Gasteiger partial charge is 0.493 e. The minimum atomic E-state index is -4.39. The van der Waals surface area contributed by atoms with E-state index < -0.39 is 11.7 Å². The maximum absolute atomic E-state index is 12.9. The first-order chi connectivity index (χ1) is 8.99. The highest BCUT2D eigenvalue weighted by atomic mass is 32.2. The molecule has 0 unspecified atom stereocenters. The number of benzene rings is 1. The first-order valence-corrected chi connectivity index (χ1v) is 7.35. The molecule has 0 aliphatic heterocycles. The number of thioether (sulfide) groups is 1. The third-order valence-electron chi connectivity index (χ3n) is 2.48. The van der Waals surface area contributed by atoms with Gasteiger partial charge in [0.1, 0.15) is 5.75 Å². The standard InChI is InChI=1S/C13H18F3NOS/c1-17-9-10-4-5-12(18-6-3-7-19-2)11(8-10)13(14,15)16/h4-5,8,17H,3,6-7,9H2,1-2H3. The summed E-state index contributed by atoms with van der Waals surface area (Å²) in [5.74, 6) is 0.785. The predicted octanol–water partition coefficient (Wildman–Crippen LogP) is 3.56. The number of ether oxygens (including phenoxy) is 1. The van der Waals surface area contributed by atoms with Gasteiger partial charge in [-0.25, -0.2) is 0 Å². The van der Waals surface area contributed by atoms with E-state index in [2.05, 4.69) is 5.32 Å². The molecular weight excluding hydrogens is 275 g/mol. The summed E-state index contributed by atoms with van der Waals surface area (Å²) in [6.45, 7) is 0.700. The quantitative estimate of drug-likeness (QED) is 0.777. The normalized spacial score (nSPS) is 11.6. The summed E-state index contributed by atoms with van der Waals surface area (Å²) < 4.78 is 44.1. The predicted molar refractivity (Wildman–Crippen MR) is 72.7 cm³/mol. The molecule has 0 aliphatic rings. The molecule has 1 aromatic rings. The van der Waals surface area contributed by atoms with Gasteiger partial charge in [-0.05, 0) is 43.2 Å². The maximum atomic E-state index is 12.9. The van der Waals surface area contributed by atoms with Gasteiger partial charge in [-0.1, -0.05) is 6.07 Å². The third kappa shape index (κ3) is 5.32. The molecule has 108 valence electrons. The minimum Gasteiger partial charge on any atom is -0.493 e. The fourth-order valence-electron chi connectivity index (χ4n) is 1.62. The van der Waals surface area contributed by atoms with Crippen LogP contribution in [0.3, 0.4) is 0 Å². The van der Waals surface area contributed by atoms with Crippen LogP contribution in [-0.2, 0) is 12.7 Å². The summed E-state index contributed by atoms with van der Waals surface area (Å²) >= 11 is 1.65. The van der Waals surface area contributed by atoms with E-state index >= 15 is 0 Å². The van der Waals surface area contributed by atoms with Crippen molar-refractivity contribution in [1.82, 2.24) is 5.32 Å². The lowest BCUT2D eigenvalue weighted by Gasteiger charge is -2.15. The molecule has 19 heavy (non-hydrogen) atoms. The van der Waals surface area contributed by atoms with Crippen molar-refractivity contribution in [2.24, 2.45) is 0 Å². The van der Waals surface area contributed by atoms with E-state index in [-0.39, 0.29) is 5.75 Å². The zero-order valence-corrected chi connectivity index (χ0v) is 11.8. The molecule has 1 rings (SSSR count). The van der Waals surface area contributed by atoms with Gasteiger partial charge in [-0.15, -0.1) is 0 Å². The van der Waals surface area contributed by atoms with Gasteiger partial charge < -0.3 is 10.1 Å². The van der Waals surface area contributed by atoms with Crippen LogP contribution in [0.4, 0.5) is 13.2 Å². The van der Waals surface area contributed by atoms with Gasteiger partial charge in [-0.2, -0.15) is 24.9 Å². The molecule has 0 fully saturated rings. The zero-order chi connectivity index (χ0) is 14.3. The van der Waals surface area contributed by atoms with E-state index in [4.69, 9.17) is 4.74 Å². The summed E-state index contributed by atoms with van der Waals surface area (Å²) in [6, 6.07) is 4.19. The van der Waals surface area contributed by atoms with Crippen molar-refractivity contribution in [2.45, 2.75) is 19.1 Å². The van der Waals surface area contributed by atoms with Gasteiger partial charge in [0.15, 0.2) is 0 Å². The van der Waals surface area contributed by atoms with E-state index in [1.54, 1.807) is 24.9 Å². The molecule has 0 saturated heterocycles. The van der Waals surface area contributed by atoms with Crippen LogP contribution in [0.1, 0.15) is 17.5 Å². The molecule has 0 radical (unpaired) electrons. The average Bonchev–Trinajstić information content (AvgIpc) is 2.35. The average molecular weight is 293 g/mol. The Morgan fingerprint density at radius 2 is 2.05 bits per heavy atom. The van der Waals surface area contributed by atoms with Crippen LogP contribution in [0, 0.1) is 0 Å². The highest BCUT2D eigenvalue weighted by Crippen LogP contribution is 2.36. The number of halogens is 3. The van der Waals surface area contributed by atoms with E-state index in [0.29, 0.717) is 18.7 Å². The molecule has 1 N–H and O–H groups in total. The summed E-state index contributed by atoms with van der Waals surface area (Å²) in [5, 5.41) is 2.83. The Morgan fingerprint density at radius 1 is 1.32 bits per heavy atom. The lowest BCUT2D eigenvalue weighted by atomic mass is 10.1. The molecule has 0 aromatic heterocycles. The topological polar surface area (TPSA) is 21.3 Å². The lowest BCUT2D eigenvalue weighted by molar-refractivity contribution is -0.139. The number of hydrogen-bond donors (Lipinski definition) is 1. The number of alkyl halides is 3. The fraction of sp³-hybridized carbons (Fsp3) is 0.538. The second-order valence-corrected chi connectivity index (χ2v) is 5.04. The van der Waals surface area contributed by atoms with Crippen molar-refractivity contribution in [3.05, 3.63) is 29.3 Å². The van der Waals surface area contributed by atoms with Crippen molar-refractivity contribution in [2.75, 3.05) is 25.7 Å². The van der Waals surface area contributed by atoms with Gasteiger partial charge in [-0.3, -0.25) is 0 Å². The van der Waals surface area contributed by atoms with Crippen LogP contribution in [0.25, 0.3) is 0 Å². The van der Waals surface area contributed by atoms with Gasteiger partial charge in [0.2, 0.25) is 0 Å². The van der Waals surface area contributed by atoms with E-state index in [0.717, 1.165) is 18.2 Å². The summed E-state index contributed by atoms with van der Waals surface area (Å²) in [6.07, 6.45) is -1.71.